The Balaban J connectivity index is 1.72. The summed E-state index contributed by atoms with van der Waals surface area (Å²) in [6.45, 7) is 2.67. The first-order valence-corrected chi connectivity index (χ1v) is 9.71. The normalized spacial score (nSPS) is 16.1. The van der Waals surface area contributed by atoms with Crippen LogP contribution in [0.1, 0.15) is 35.8 Å². The molecule has 0 aliphatic carbocycles. The Bertz CT molecular complexity index is 973. The van der Waals surface area contributed by atoms with Crippen LogP contribution in [0.15, 0.2) is 21.2 Å². The third-order valence-electron chi connectivity index (χ3n) is 4.12. The Labute approximate surface area is 163 Å². The lowest BCUT2D eigenvalue weighted by Gasteiger charge is -2.11. The second-order valence-corrected chi connectivity index (χ2v) is 7.00. The van der Waals surface area contributed by atoms with Crippen LogP contribution in [0.5, 0.6) is 0 Å². The fourth-order valence-corrected chi connectivity index (χ4v) is 3.51. The number of nitrogens with zero attached hydrogens (tertiary/aromatic N) is 2. The zero-order chi connectivity index (χ0) is 20.1. The van der Waals surface area contributed by atoms with Gasteiger partial charge in [0.15, 0.2) is 5.13 Å². The summed E-state index contributed by atoms with van der Waals surface area (Å²) in [4.78, 5) is 55.1. The van der Waals surface area contributed by atoms with Crippen molar-refractivity contribution in [3.05, 3.63) is 43.7 Å². The summed E-state index contributed by atoms with van der Waals surface area (Å²) in [5, 5.41) is 4.37. The Morgan fingerprint density at radius 1 is 1.46 bits per heavy atom. The zero-order valence-corrected chi connectivity index (χ0v) is 16.0. The first-order valence-electron chi connectivity index (χ1n) is 8.83. The van der Waals surface area contributed by atoms with Crippen molar-refractivity contribution in [2.45, 2.75) is 38.8 Å². The number of H-pyrrole nitrogens is 1. The van der Waals surface area contributed by atoms with E-state index in [9.17, 15) is 19.2 Å². The molecule has 2 aromatic rings. The van der Waals surface area contributed by atoms with Gasteiger partial charge in [-0.05, 0) is 19.8 Å². The molecule has 1 saturated heterocycles. The summed E-state index contributed by atoms with van der Waals surface area (Å²) >= 11 is 1.12. The molecule has 0 saturated carbocycles. The van der Waals surface area contributed by atoms with Gasteiger partial charge in [-0.3, -0.25) is 24.3 Å². The van der Waals surface area contributed by atoms with E-state index in [0.29, 0.717) is 12.3 Å². The molecular weight excluding hydrogens is 388 g/mol. The van der Waals surface area contributed by atoms with Gasteiger partial charge in [-0.25, -0.2) is 9.78 Å². The lowest BCUT2D eigenvalue weighted by Crippen LogP contribution is -2.41. The first kappa shape index (κ1) is 20.0. The standard InChI is InChI=1S/C17H20N4O6S/c1-2-26-13(22)6-10-9-28-16(19-10)20-14(23)12-7-18-17(25)21(15(12)24)8-11-4-3-5-27-11/h7,9,11H,2-6,8H2,1H3,(H,18,25)(H,19,20,23). The molecule has 11 heteroatoms. The average Bonchev–Trinajstić information content (AvgIpc) is 3.31. The van der Waals surface area contributed by atoms with Crippen LogP contribution in [-0.2, 0) is 27.2 Å². The number of hydrogen-bond donors (Lipinski definition) is 2. The monoisotopic (exact) mass is 408 g/mol. The Morgan fingerprint density at radius 2 is 2.29 bits per heavy atom. The summed E-state index contributed by atoms with van der Waals surface area (Å²) in [7, 11) is 0. The van der Waals surface area contributed by atoms with Crippen LogP contribution in [0.25, 0.3) is 0 Å². The molecule has 10 nitrogen and oxygen atoms in total. The number of thiazole rings is 1. The molecule has 1 aliphatic rings. The molecule has 1 aliphatic heterocycles. The Kier molecular flexibility index (Phi) is 6.37. The van der Waals surface area contributed by atoms with Crippen LogP contribution in [-0.4, -0.2) is 45.7 Å². The average molecular weight is 408 g/mol. The molecule has 3 heterocycles. The second-order valence-electron chi connectivity index (χ2n) is 6.14. The number of nitrogens with one attached hydrogen (secondary N) is 2. The highest BCUT2D eigenvalue weighted by Gasteiger charge is 2.21. The van der Waals surface area contributed by atoms with Crippen molar-refractivity contribution in [3.63, 3.8) is 0 Å². The van der Waals surface area contributed by atoms with Crippen molar-refractivity contribution in [2.24, 2.45) is 0 Å². The number of carbonyl (C=O) groups excluding carboxylic acids is 2. The summed E-state index contributed by atoms with van der Waals surface area (Å²) in [6, 6.07) is 0. The predicted octanol–water partition coefficient (Wildman–Crippen LogP) is 0.530. The maximum atomic E-state index is 12.6. The van der Waals surface area contributed by atoms with E-state index in [2.05, 4.69) is 15.3 Å². The number of amides is 1. The van der Waals surface area contributed by atoms with E-state index in [1.807, 2.05) is 0 Å². The van der Waals surface area contributed by atoms with Gasteiger partial charge in [-0.2, -0.15) is 0 Å². The minimum absolute atomic E-state index is 0.00688. The van der Waals surface area contributed by atoms with Gasteiger partial charge in [0.05, 0.1) is 31.4 Å². The smallest absolute Gasteiger partial charge is 0.328 e. The molecule has 2 aromatic heterocycles. The first-order chi connectivity index (χ1) is 13.5. The van der Waals surface area contributed by atoms with Gasteiger partial charge >= 0.3 is 11.7 Å². The largest absolute Gasteiger partial charge is 0.466 e. The van der Waals surface area contributed by atoms with Gasteiger partial charge in [-0.15, -0.1) is 11.3 Å². The number of hydrogen-bond acceptors (Lipinski definition) is 8. The number of ether oxygens (including phenoxy) is 2. The molecular formula is C17H20N4O6S. The van der Waals surface area contributed by atoms with Crippen molar-refractivity contribution < 1.29 is 19.1 Å². The van der Waals surface area contributed by atoms with Crippen molar-refractivity contribution in [1.82, 2.24) is 14.5 Å². The second kappa shape index (κ2) is 8.93. The van der Waals surface area contributed by atoms with E-state index in [1.54, 1.807) is 12.3 Å². The summed E-state index contributed by atoms with van der Waals surface area (Å²) in [5.74, 6) is -1.11. The minimum atomic E-state index is -0.695. The van der Waals surface area contributed by atoms with Crippen molar-refractivity contribution in [3.8, 4) is 0 Å². The third kappa shape index (κ3) is 4.73. The van der Waals surface area contributed by atoms with E-state index in [1.165, 1.54) is 0 Å². The molecule has 1 amide bonds. The van der Waals surface area contributed by atoms with Gasteiger partial charge in [0.2, 0.25) is 0 Å². The molecule has 1 unspecified atom stereocenters. The summed E-state index contributed by atoms with van der Waals surface area (Å²) in [6.07, 6.45) is 2.48. The van der Waals surface area contributed by atoms with E-state index in [-0.39, 0.29) is 36.4 Å². The maximum Gasteiger partial charge on any atom is 0.328 e. The van der Waals surface area contributed by atoms with Gasteiger partial charge < -0.3 is 14.5 Å². The maximum absolute atomic E-state index is 12.6. The lowest BCUT2D eigenvalue weighted by atomic mass is 10.2. The Morgan fingerprint density at radius 3 is 3.00 bits per heavy atom. The van der Waals surface area contributed by atoms with Crippen molar-refractivity contribution in [2.75, 3.05) is 18.5 Å². The number of anilines is 1. The topological polar surface area (TPSA) is 132 Å². The number of aromatic amines is 1. The van der Waals surface area contributed by atoms with Crippen LogP contribution in [0.2, 0.25) is 0 Å². The van der Waals surface area contributed by atoms with Gasteiger partial charge in [0.25, 0.3) is 11.5 Å². The molecule has 0 spiro atoms. The fourth-order valence-electron chi connectivity index (χ4n) is 2.80. The SMILES string of the molecule is CCOC(=O)Cc1csc(NC(=O)c2c[nH]c(=O)n(CC3CCCO3)c2=O)n1. The van der Waals surface area contributed by atoms with E-state index >= 15 is 0 Å². The minimum Gasteiger partial charge on any atom is -0.466 e. The lowest BCUT2D eigenvalue weighted by molar-refractivity contribution is -0.142. The number of esters is 1. The van der Waals surface area contributed by atoms with Crippen molar-refractivity contribution >= 4 is 28.3 Å². The van der Waals surface area contributed by atoms with Crippen molar-refractivity contribution in [1.29, 1.82) is 0 Å². The van der Waals surface area contributed by atoms with E-state index < -0.39 is 23.1 Å². The molecule has 1 fully saturated rings. The molecule has 2 N–H and O–H groups in total. The number of rotatable bonds is 7. The van der Waals surface area contributed by atoms with Crippen LogP contribution < -0.4 is 16.6 Å². The molecule has 0 bridgehead atoms. The molecule has 28 heavy (non-hydrogen) atoms. The summed E-state index contributed by atoms with van der Waals surface area (Å²) in [5.41, 5.74) is -1.04. The molecule has 150 valence electrons. The molecule has 0 radical (unpaired) electrons. The summed E-state index contributed by atoms with van der Waals surface area (Å²) < 4.78 is 11.3. The predicted molar refractivity (Wildman–Crippen MR) is 101 cm³/mol. The van der Waals surface area contributed by atoms with Crippen LogP contribution in [0, 0.1) is 0 Å². The van der Waals surface area contributed by atoms with E-state index in [0.717, 1.165) is 34.9 Å². The van der Waals surface area contributed by atoms with Gasteiger partial charge in [0.1, 0.15) is 5.56 Å². The highest BCUT2D eigenvalue weighted by molar-refractivity contribution is 7.14. The van der Waals surface area contributed by atoms with Gasteiger partial charge in [-0.1, -0.05) is 0 Å². The highest BCUT2D eigenvalue weighted by Crippen LogP contribution is 2.17. The third-order valence-corrected chi connectivity index (χ3v) is 4.93. The molecule has 0 aromatic carbocycles. The van der Waals surface area contributed by atoms with E-state index in [4.69, 9.17) is 9.47 Å². The quantitative estimate of drug-likeness (QED) is 0.639. The highest BCUT2D eigenvalue weighted by atomic mass is 32.1. The van der Waals surface area contributed by atoms with Crippen LogP contribution in [0.3, 0.4) is 0 Å². The van der Waals surface area contributed by atoms with Crippen LogP contribution in [0.4, 0.5) is 5.13 Å². The van der Waals surface area contributed by atoms with Crippen LogP contribution >= 0.6 is 11.3 Å². The molecule has 3 rings (SSSR count). The number of carbonyl (C=O) groups is 2. The number of aromatic nitrogens is 3. The Hall–Kier alpha value is -2.79. The fraction of sp³-hybridized carbons (Fsp3) is 0.471. The zero-order valence-electron chi connectivity index (χ0n) is 15.2. The molecule has 1 atom stereocenters. The van der Waals surface area contributed by atoms with Gasteiger partial charge in [0, 0.05) is 18.2 Å².